The van der Waals surface area contributed by atoms with Crippen molar-refractivity contribution >= 4 is 33.3 Å². The number of hydrogen-bond donors (Lipinski definition) is 1. The Morgan fingerprint density at radius 2 is 2.04 bits per heavy atom. The molecule has 0 radical (unpaired) electrons. The second-order valence-electron chi connectivity index (χ2n) is 6.65. The summed E-state index contributed by atoms with van der Waals surface area (Å²) in [4.78, 5) is 27.4. The third-order valence-electron chi connectivity index (χ3n) is 4.92. The predicted molar refractivity (Wildman–Crippen MR) is 113 cm³/mol. The van der Waals surface area contributed by atoms with Gasteiger partial charge in [-0.25, -0.2) is 9.97 Å². The minimum atomic E-state index is 0.0321. The Hall–Kier alpha value is -2.45. The number of likely N-dealkylation sites (N-methyl/N-ethyl adjacent to an activating group) is 2. The number of carbonyl (C=O) groups is 1. The van der Waals surface area contributed by atoms with Crippen molar-refractivity contribution in [1.82, 2.24) is 19.8 Å². The molecule has 3 aromatic rings. The number of aryl methyl sites for hydroxylation is 1. The number of rotatable bonds is 9. The highest BCUT2D eigenvalue weighted by molar-refractivity contribution is 7.20. The second-order valence-corrected chi connectivity index (χ2v) is 7.64. The summed E-state index contributed by atoms with van der Waals surface area (Å²) >= 11 is 1.42. The van der Waals surface area contributed by atoms with E-state index in [-0.39, 0.29) is 5.91 Å². The van der Waals surface area contributed by atoms with Crippen LogP contribution in [0.1, 0.15) is 34.8 Å². The van der Waals surface area contributed by atoms with Gasteiger partial charge in [0.1, 0.15) is 22.7 Å². The number of nitrogens with one attached hydrogen (secondary N) is 1. The Balaban J connectivity index is 1.79. The first-order chi connectivity index (χ1) is 13.5. The van der Waals surface area contributed by atoms with Crippen LogP contribution in [0.4, 0.5) is 5.82 Å². The Labute approximate surface area is 169 Å². The highest BCUT2D eigenvalue weighted by Crippen LogP contribution is 2.34. The minimum Gasteiger partial charge on any atom is -0.467 e. The number of carbonyl (C=O) groups excluding carboxylic acids is 1. The second kappa shape index (κ2) is 9.16. The van der Waals surface area contributed by atoms with Crippen LogP contribution in [0.3, 0.4) is 0 Å². The van der Waals surface area contributed by atoms with Crippen molar-refractivity contribution in [1.29, 1.82) is 0 Å². The van der Waals surface area contributed by atoms with Crippen molar-refractivity contribution in [2.45, 2.75) is 27.3 Å². The molecule has 3 rings (SSSR count). The van der Waals surface area contributed by atoms with Crippen LogP contribution in [-0.4, -0.2) is 58.9 Å². The fourth-order valence-corrected chi connectivity index (χ4v) is 4.24. The van der Waals surface area contributed by atoms with Gasteiger partial charge in [-0.1, -0.05) is 13.8 Å². The van der Waals surface area contributed by atoms with E-state index < -0.39 is 0 Å². The van der Waals surface area contributed by atoms with E-state index in [4.69, 9.17) is 4.42 Å². The normalized spacial score (nSPS) is 11.3. The Kier molecular flexibility index (Phi) is 6.64. The summed E-state index contributed by atoms with van der Waals surface area (Å²) in [6.07, 6.45) is 3.17. The average molecular weight is 402 g/mol. The van der Waals surface area contributed by atoms with Crippen molar-refractivity contribution < 1.29 is 9.21 Å². The average Bonchev–Trinajstić information content (AvgIpc) is 3.34. The molecule has 0 saturated carbocycles. The molecule has 150 valence electrons. The van der Waals surface area contributed by atoms with Crippen LogP contribution in [0.5, 0.6) is 0 Å². The summed E-state index contributed by atoms with van der Waals surface area (Å²) in [5, 5.41) is 4.20. The van der Waals surface area contributed by atoms with Crippen LogP contribution in [-0.2, 0) is 6.54 Å². The number of fused-ring (bicyclic) bond motifs is 1. The number of aromatic nitrogens is 2. The van der Waals surface area contributed by atoms with Gasteiger partial charge in [-0.05, 0) is 37.7 Å². The van der Waals surface area contributed by atoms with Crippen molar-refractivity contribution in [3.8, 4) is 0 Å². The first-order valence-electron chi connectivity index (χ1n) is 9.53. The van der Waals surface area contributed by atoms with E-state index in [1.54, 1.807) is 11.2 Å². The van der Waals surface area contributed by atoms with Gasteiger partial charge in [0, 0.05) is 20.1 Å². The molecule has 0 aliphatic heterocycles. The van der Waals surface area contributed by atoms with E-state index >= 15 is 0 Å². The fraction of sp³-hybridized carbons (Fsp3) is 0.450. The molecule has 0 aliphatic carbocycles. The summed E-state index contributed by atoms with van der Waals surface area (Å²) in [5.41, 5.74) is 0.919. The summed E-state index contributed by atoms with van der Waals surface area (Å²) in [6.45, 7) is 10.3. The quantitative estimate of drug-likeness (QED) is 0.590. The van der Waals surface area contributed by atoms with Crippen molar-refractivity contribution in [2.75, 3.05) is 38.5 Å². The molecule has 0 fully saturated rings. The Bertz CT molecular complexity index is 918. The molecule has 1 amide bonds. The molecule has 0 unspecified atom stereocenters. The number of hydrogen-bond acceptors (Lipinski definition) is 7. The lowest BCUT2D eigenvalue weighted by Gasteiger charge is -2.23. The van der Waals surface area contributed by atoms with Gasteiger partial charge in [-0.2, -0.15) is 0 Å². The van der Waals surface area contributed by atoms with Crippen LogP contribution in [0, 0.1) is 6.92 Å². The SMILES string of the molecule is CCN(CC)CCN(C)C(=O)c1sc2ncnc(NCc3ccco3)c2c1C. The van der Waals surface area contributed by atoms with E-state index in [1.165, 1.54) is 17.7 Å². The summed E-state index contributed by atoms with van der Waals surface area (Å²) in [6, 6.07) is 3.76. The third-order valence-corrected chi connectivity index (χ3v) is 6.11. The lowest BCUT2D eigenvalue weighted by molar-refractivity contribution is 0.0784. The summed E-state index contributed by atoms with van der Waals surface area (Å²) < 4.78 is 5.37. The molecule has 7 nitrogen and oxygen atoms in total. The van der Waals surface area contributed by atoms with E-state index in [2.05, 4.69) is 34.0 Å². The summed E-state index contributed by atoms with van der Waals surface area (Å²) in [7, 11) is 1.86. The van der Waals surface area contributed by atoms with Gasteiger partial charge in [0.15, 0.2) is 0 Å². The molecule has 3 aromatic heterocycles. The predicted octanol–water partition coefficient (Wildman–Crippen LogP) is 3.62. The molecule has 0 bridgehead atoms. The monoisotopic (exact) mass is 401 g/mol. The largest absolute Gasteiger partial charge is 0.467 e. The maximum absolute atomic E-state index is 13.0. The van der Waals surface area contributed by atoms with Crippen LogP contribution < -0.4 is 5.32 Å². The fourth-order valence-electron chi connectivity index (χ4n) is 3.10. The van der Waals surface area contributed by atoms with E-state index in [1.807, 2.05) is 26.1 Å². The van der Waals surface area contributed by atoms with E-state index in [0.29, 0.717) is 13.1 Å². The highest BCUT2D eigenvalue weighted by atomic mass is 32.1. The Morgan fingerprint density at radius 1 is 1.25 bits per heavy atom. The van der Waals surface area contributed by atoms with Gasteiger partial charge < -0.3 is 19.5 Å². The number of thiophene rings is 1. The van der Waals surface area contributed by atoms with Crippen LogP contribution in [0.2, 0.25) is 0 Å². The number of amides is 1. The first-order valence-corrected chi connectivity index (χ1v) is 10.3. The zero-order chi connectivity index (χ0) is 20.1. The van der Waals surface area contributed by atoms with E-state index in [9.17, 15) is 4.79 Å². The number of anilines is 1. The van der Waals surface area contributed by atoms with Gasteiger partial charge in [-0.15, -0.1) is 11.3 Å². The van der Waals surface area contributed by atoms with Crippen molar-refractivity contribution in [3.63, 3.8) is 0 Å². The van der Waals surface area contributed by atoms with Crippen molar-refractivity contribution in [3.05, 3.63) is 40.9 Å². The zero-order valence-corrected chi connectivity index (χ0v) is 17.7. The van der Waals surface area contributed by atoms with E-state index in [0.717, 1.165) is 51.9 Å². The molecule has 0 aromatic carbocycles. The maximum Gasteiger partial charge on any atom is 0.264 e. The molecule has 1 N–H and O–H groups in total. The Morgan fingerprint density at radius 3 is 2.71 bits per heavy atom. The third kappa shape index (κ3) is 4.34. The molecular formula is C20H27N5O2S. The number of furan rings is 1. The molecule has 3 heterocycles. The van der Waals surface area contributed by atoms with Gasteiger partial charge in [-0.3, -0.25) is 4.79 Å². The van der Waals surface area contributed by atoms with Gasteiger partial charge >= 0.3 is 0 Å². The molecule has 0 spiro atoms. The minimum absolute atomic E-state index is 0.0321. The molecule has 0 aliphatic rings. The first kappa shape index (κ1) is 20.3. The zero-order valence-electron chi connectivity index (χ0n) is 16.9. The summed E-state index contributed by atoms with van der Waals surface area (Å²) in [5.74, 6) is 1.58. The van der Waals surface area contributed by atoms with Crippen LogP contribution in [0.15, 0.2) is 29.1 Å². The molecule has 8 heteroatoms. The lowest BCUT2D eigenvalue weighted by Crippen LogP contribution is -2.36. The van der Waals surface area contributed by atoms with Gasteiger partial charge in [0.2, 0.25) is 0 Å². The van der Waals surface area contributed by atoms with Crippen LogP contribution >= 0.6 is 11.3 Å². The molecule has 0 atom stereocenters. The standard InChI is InChI=1S/C20H27N5O2S/c1-5-25(6-2)10-9-24(4)20(26)17-14(3)16-18(22-13-23-19(16)28-17)21-12-15-8-7-11-27-15/h7-8,11,13H,5-6,9-10,12H2,1-4H3,(H,21,22,23). The van der Waals surface area contributed by atoms with Crippen LogP contribution in [0.25, 0.3) is 10.2 Å². The highest BCUT2D eigenvalue weighted by Gasteiger charge is 2.22. The molecule has 0 saturated heterocycles. The van der Waals surface area contributed by atoms with Gasteiger partial charge in [0.05, 0.1) is 23.1 Å². The number of nitrogens with zero attached hydrogens (tertiary/aromatic N) is 4. The van der Waals surface area contributed by atoms with Crippen molar-refractivity contribution in [2.24, 2.45) is 0 Å². The molecular weight excluding hydrogens is 374 g/mol. The van der Waals surface area contributed by atoms with Gasteiger partial charge in [0.25, 0.3) is 5.91 Å². The molecule has 28 heavy (non-hydrogen) atoms. The smallest absolute Gasteiger partial charge is 0.264 e. The lowest BCUT2D eigenvalue weighted by atomic mass is 10.2. The maximum atomic E-state index is 13.0. The topological polar surface area (TPSA) is 74.5 Å².